The van der Waals surface area contributed by atoms with Gasteiger partial charge in [0.25, 0.3) is 0 Å². The number of aliphatic imine (C=N–C) groups is 1. The highest BCUT2D eigenvalue weighted by Crippen LogP contribution is 2.48. The second-order valence-electron chi connectivity index (χ2n) is 7.71. The van der Waals surface area contributed by atoms with Gasteiger partial charge >= 0.3 is 0 Å². The van der Waals surface area contributed by atoms with E-state index in [1.807, 2.05) is 44.2 Å². The maximum Gasteiger partial charge on any atom is 0.191 e. The summed E-state index contributed by atoms with van der Waals surface area (Å²) in [5.74, 6) is 0.755. The molecule has 1 aliphatic carbocycles. The molecule has 1 fully saturated rings. The molecule has 1 aliphatic rings. The van der Waals surface area contributed by atoms with Gasteiger partial charge in [0.1, 0.15) is 0 Å². The number of hydrogen-bond donors (Lipinski definition) is 2. The van der Waals surface area contributed by atoms with Crippen molar-refractivity contribution < 1.29 is 8.42 Å². The van der Waals surface area contributed by atoms with Gasteiger partial charge in [-0.25, -0.2) is 13.4 Å². The summed E-state index contributed by atoms with van der Waals surface area (Å²) in [5.41, 5.74) is 3.11. The van der Waals surface area contributed by atoms with Crippen LogP contribution in [0.15, 0.2) is 52.4 Å². The van der Waals surface area contributed by atoms with Crippen molar-refractivity contribution in [3.05, 3.63) is 64.2 Å². The standard InChI is InChI=1S/C22H28ClN3O2S/c1-4-24-21(25-14-17-8-9-20(16(2)12-17)29(3,27)28)26-15-22(10-11-22)18-6-5-7-19(23)13-18/h5-9,12-13H,4,10-11,14-15H2,1-3H3,(H2,24,25,26). The van der Waals surface area contributed by atoms with E-state index in [4.69, 9.17) is 11.6 Å². The lowest BCUT2D eigenvalue weighted by Crippen LogP contribution is -2.41. The Kier molecular flexibility index (Phi) is 6.54. The molecule has 156 valence electrons. The van der Waals surface area contributed by atoms with E-state index in [0.717, 1.165) is 48.0 Å². The number of halogens is 1. The molecular weight excluding hydrogens is 406 g/mol. The van der Waals surface area contributed by atoms with Gasteiger partial charge in [-0.3, -0.25) is 0 Å². The Morgan fingerprint density at radius 3 is 2.52 bits per heavy atom. The minimum atomic E-state index is -3.21. The molecule has 0 radical (unpaired) electrons. The normalized spacial score (nSPS) is 15.8. The quantitative estimate of drug-likeness (QED) is 0.514. The Morgan fingerprint density at radius 1 is 1.17 bits per heavy atom. The highest BCUT2D eigenvalue weighted by atomic mass is 35.5. The minimum Gasteiger partial charge on any atom is -0.357 e. The second kappa shape index (κ2) is 8.76. The van der Waals surface area contributed by atoms with E-state index in [9.17, 15) is 8.42 Å². The predicted molar refractivity (Wildman–Crippen MR) is 119 cm³/mol. The number of guanidine groups is 1. The van der Waals surface area contributed by atoms with Gasteiger partial charge in [-0.1, -0.05) is 35.9 Å². The largest absolute Gasteiger partial charge is 0.357 e. The molecule has 0 amide bonds. The Hall–Kier alpha value is -2.05. The maximum absolute atomic E-state index is 11.8. The zero-order valence-corrected chi connectivity index (χ0v) is 18.7. The van der Waals surface area contributed by atoms with Crippen molar-refractivity contribution in [1.29, 1.82) is 0 Å². The average Bonchev–Trinajstić information content (AvgIpc) is 3.44. The molecule has 0 heterocycles. The number of benzene rings is 2. The molecule has 0 unspecified atom stereocenters. The van der Waals surface area contributed by atoms with Gasteiger partial charge in [0.05, 0.1) is 11.4 Å². The number of hydrogen-bond acceptors (Lipinski definition) is 3. The summed E-state index contributed by atoms with van der Waals surface area (Å²) < 4.78 is 23.6. The molecule has 3 rings (SSSR count). The Balaban J connectivity index is 1.68. The minimum absolute atomic E-state index is 0.120. The third-order valence-corrected chi connectivity index (χ3v) is 6.78. The summed E-state index contributed by atoms with van der Waals surface area (Å²) in [6, 6.07) is 13.5. The summed E-state index contributed by atoms with van der Waals surface area (Å²) in [6.07, 6.45) is 3.49. The molecule has 7 heteroatoms. The summed E-state index contributed by atoms with van der Waals surface area (Å²) >= 11 is 6.17. The lowest BCUT2D eigenvalue weighted by Gasteiger charge is -2.19. The van der Waals surface area contributed by atoms with E-state index < -0.39 is 9.84 Å². The maximum atomic E-state index is 11.8. The zero-order chi connectivity index (χ0) is 21.1. The topological polar surface area (TPSA) is 70.6 Å². The van der Waals surface area contributed by atoms with Crippen LogP contribution in [0.4, 0.5) is 0 Å². The van der Waals surface area contributed by atoms with Gasteiger partial charge in [0.2, 0.25) is 0 Å². The van der Waals surface area contributed by atoms with Crippen molar-refractivity contribution >= 4 is 27.4 Å². The van der Waals surface area contributed by atoms with Crippen LogP contribution >= 0.6 is 11.6 Å². The lowest BCUT2D eigenvalue weighted by molar-refractivity contribution is 0.601. The first-order valence-corrected chi connectivity index (χ1v) is 12.1. The zero-order valence-electron chi connectivity index (χ0n) is 17.1. The van der Waals surface area contributed by atoms with Crippen LogP contribution in [0.3, 0.4) is 0 Å². The summed E-state index contributed by atoms with van der Waals surface area (Å²) in [5, 5.41) is 7.51. The fourth-order valence-corrected chi connectivity index (χ4v) is 4.68. The molecule has 0 aromatic heterocycles. The van der Waals surface area contributed by atoms with Gasteiger partial charge in [0.15, 0.2) is 15.8 Å². The first-order chi connectivity index (χ1) is 13.7. The van der Waals surface area contributed by atoms with Gasteiger partial charge in [0, 0.05) is 29.8 Å². The third-order valence-electron chi connectivity index (χ3n) is 5.29. The van der Waals surface area contributed by atoms with E-state index in [2.05, 4.69) is 21.7 Å². The summed E-state index contributed by atoms with van der Waals surface area (Å²) in [4.78, 5) is 5.05. The smallest absolute Gasteiger partial charge is 0.191 e. The van der Waals surface area contributed by atoms with Crippen LogP contribution in [0.5, 0.6) is 0 Å². The number of rotatable bonds is 7. The van der Waals surface area contributed by atoms with E-state index >= 15 is 0 Å². The molecule has 0 atom stereocenters. The van der Waals surface area contributed by atoms with Crippen molar-refractivity contribution in [1.82, 2.24) is 10.6 Å². The van der Waals surface area contributed by atoms with Crippen molar-refractivity contribution in [2.24, 2.45) is 4.99 Å². The number of nitrogens with one attached hydrogen (secondary N) is 2. The SMILES string of the molecule is CCNC(=NCc1ccc(S(C)(=O)=O)c(C)c1)NCC1(c2cccc(Cl)c2)CC1. The molecule has 0 aliphatic heterocycles. The van der Waals surface area contributed by atoms with Crippen LogP contribution in [0.1, 0.15) is 36.5 Å². The van der Waals surface area contributed by atoms with E-state index in [1.54, 1.807) is 6.07 Å². The summed E-state index contributed by atoms with van der Waals surface area (Å²) in [6.45, 7) is 5.89. The number of nitrogens with zero attached hydrogens (tertiary/aromatic N) is 1. The van der Waals surface area contributed by atoms with E-state index in [0.29, 0.717) is 11.4 Å². The van der Waals surface area contributed by atoms with Gasteiger partial charge in [-0.15, -0.1) is 0 Å². The molecule has 2 aromatic carbocycles. The lowest BCUT2D eigenvalue weighted by atomic mass is 9.96. The highest BCUT2D eigenvalue weighted by Gasteiger charge is 2.44. The van der Waals surface area contributed by atoms with Crippen LogP contribution in [0.2, 0.25) is 5.02 Å². The Morgan fingerprint density at radius 2 is 1.93 bits per heavy atom. The molecule has 29 heavy (non-hydrogen) atoms. The van der Waals surface area contributed by atoms with Crippen LogP contribution in [-0.2, 0) is 21.8 Å². The molecular formula is C22H28ClN3O2S. The summed E-state index contributed by atoms with van der Waals surface area (Å²) in [7, 11) is -3.21. The van der Waals surface area contributed by atoms with Crippen molar-refractivity contribution in [3.63, 3.8) is 0 Å². The third kappa shape index (κ3) is 5.52. The molecule has 1 saturated carbocycles. The number of sulfone groups is 1. The van der Waals surface area contributed by atoms with Crippen molar-refractivity contribution in [3.8, 4) is 0 Å². The second-order valence-corrected chi connectivity index (χ2v) is 10.1. The van der Waals surface area contributed by atoms with E-state index in [-0.39, 0.29) is 5.41 Å². The first-order valence-electron chi connectivity index (χ1n) is 9.81. The van der Waals surface area contributed by atoms with Crippen molar-refractivity contribution in [2.45, 2.75) is 43.5 Å². The van der Waals surface area contributed by atoms with Gasteiger partial charge in [-0.05, 0) is 61.6 Å². The fraction of sp³-hybridized carbons (Fsp3) is 0.409. The van der Waals surface area contributed by atoms with E-state index in [1.165, 1.54) is 11.8 Å². The van der Waals surface area contributed by atoms with Crippen LogP contribution < -0.4 is 10.6 Å². The van der Waals surface area contributed by atoms with Crippen LogP contribution in [-0.4, -0.2) is 33.7 Å². The molecule has 0 spiro atoms. The van der Waals surface area contributed by atoms with Crippen LogP contribution in [0, 0.1) is 6.92 Å². The van der Waals surface area contributed by atoms with Gasteiger partial charge in [-0.2, -0.15) is 0 Å². The first kappa shape index (κ1) is 21.7. The van der Waals surface area contributed by atoms with Gasteiger partial charge < -0.3 is 10.6 Å². The molecule has 2 aromatic rings. The Bertz CT molecular complexity index is 1010. The molecule has 0 saturated heterocycles. The highest BCUT2D eigenvalue weighted by molar-refractivity contribution is 7.90. The van der Waals surface area contributed by atoms with Crippen molar-refractivity contribution in [2.75, 3.05) is 19.3 Å². The monoisotopic (exact) mass is 433 g/mol. The molecule has 0 bridgehead atoms. The number of aryl methyl sites for hydroxylation is 1. The fourth-order valence-electron chi connectivity index (χ4n) is 3.53. The van der Waals surface area contributed by atoms with Crippen LogP contribution in [0.25, 0.3) is 0 Å². The molecule has 5 nitrogen and oxygen atoms in total. The molecule has 2 N–H and O–H groups in total. The Labute approximate surface area is 178 Å². The average molecular weight is 434 g/mol. The predicted octanol–water partition coefficient (Wildman–Crippen LogP) is 3.84.